The van der Waals surface area contributed by atoms with E-state index < -0.39 is 16.1 Å². The van der Waals surface area contributed by atoms with Crippen LogP contribution in [0.5, 0.6) is 0 Å². The highest BCUT2D eigenvalue weighted by Gasteiger charge is 2.26. The fraction of sp³-hybridized carbons (Fsp3) is 0.222. The predicted molar refractivity (Wildman–Crippen MR) is 103 cm³/mol. The van der Waals surface area contributed by atoms with Gasteiger partial charge < -0.3 is 9.08 Å². The molecule has 3 rings (SSSR count). The first-order valence-electron chi connectivity index (χ1n) is 7.46. The Balaban J connectivity index is 2.08. The Morgan fingerprint density at radius 1 is 1.21 bits per heavy atom. The summed E-state index contributed by atoms with van der Waals surface area (Å²) in [5, 5.41) is 5.14. The van der Waals surface area contributed by atoms with E-state index in [-0.39, 0.29) is 0 Å². The van der Waals surface area contributed by atoms with Gasteiger partial charge in [-0.3, -0.25) is 0 Å². The summed E-state index contributed by atoms with van der Waals surface area (Å²) in [5.41, 5.74) is 3.21. The standard InChI is InChI=1S/C18H17BrN2O2S/c1-18(2,3)24(22)20-11-12-10-13(19)8-9-14(12)17-15-6-4-5-7-16(15)23-21-17/h4-11H,1-3H3. The summed E-state index contributed by atoms with van der Waals surface area (Å²) in [4.78, 5) is 0. The molecule has 0 aliphatic heterocycles. The number of aromatic nitrogens is 1. The van der Waals surface area contributed by atoms with Crippen LogP contribution in [0, 0.1) is 0 Å². The van der Waals surface area contributed by atoms with Gasteiger partial charge in [0.15, 0.2) is 5.58 Å². The average Bonchev–Trinajstić information content (AvgIpc) is 2.95. The number of fused-ring (bicyclic) bond motifs is 1. The Morgan fingerprint density at radius 2 is 1.96 bits per heavy atom. The summed E-state index contributed by atoms with van der Waals surface area (Å²) in [7, 11) is 0. The Kier molecular flexibility index (Phi) is 4.80. The number of hydrogen-bond acceptors (Lipinski definition) is 4. The van der Waals surface area contributed by atoms with Crippen molar-refractivity contribution >= 4 is 44.5 Å². The molecule has 2 aromatic carbocycles. The van der Waals surface area contributed by atoms with Crippen molar-refractivity contribution in [1.82, 2.24) is 5.16 Å². The van der Waals surface area contributed by atoms with Crippen LogP contribution in [0.1, 0.15) is 26.3 Å². The van der Waals surface area contributed by atoms with Gasteiger partial charge in [-0.2, -0.15) is 0 Å². The number of nitrogens with zero attached hydrogens (tertiary/aromatic N) is 2. The van der Waals surface area contributed by atoms with E-state index >= 15 is 0 Å². The van der Waals surface area contributed by atoms with Gasteiger partial charge in [0.05, 0.1) is 6.21 Å². The molecular weight excluding hydrogens is 388 g/mol. The highest BCUT2D eigenvalue weighted by atomic mass is 79.9. The van der Waals surface area contributed by atoms with Crippen molar-refractivity contribution < 1.29 is 9.08 Å². The molecule has 0 aliphatic carbocycles. The van der Waals surface area contributed by atoms with E-state index in [1.807, 2.05) is 63.2 Å². The molecule has 0 bridgehead atoms. The van der Waals surface area contributed by atoms with Crippen molar-refractivity contribution in [3.63, 3.8) is 0 Å². The van der Waals surface area contributed by atoms with Crippen molar-refractivity contribution in [2.75, 3.05) is 0 Å². The molecule has 1 unspecified atom stereocenters. The molecule has 6 heteroatoms. The highest BCUT2D eigenvalue weighted by Crippen LogP contribution is 2.31. The van der Waals surface area contributed by atoms with E-state index in [2.05, 4.69) is 25.5 Å². The maximum absolute atomic E-state index is 12.2. The van der Waals surface area contributed by atoms with Gasteiger partial charge in [-0.25, -0.2) is 0 Å². The SMILES string of the molecule is CC(C)(C)[S+]([O-])N=Cc1cc(Br)ccc1-c1noc2ccccc12. The lowest BCUT2D eigenvalue weighted by Gasteiger charge is -2.17. The Labute approximate surface area is 152 Å². The Bertz CT molecular complexity index is 899. The lowest BCUT2D eigenvalue weighted by Crippen LogP contribution is -2.25. The summed E-state index contributed by atoms with van der Waals surface area (Å²) >= 11 is 2.16. The summed E-state index contributed by atoms with van der Waals surface area (Å²) < 4.78 is 22.3. The lowest BCUT2D eigenvalue weighted by molar-refractivity contribution is 0.459. The molecule has 0 fully saturated rings. The molecule has 0 saturated carbocycles. The van der Waals surface area contributed by atoms with Crippen LogP contribution in [0.2, 0.25) is 0 Å². The normalized spacial score (nSPS) is 13.7. The van der Waals surface area contributed by atoms with E-state index in [1.54, 1.807) is 6.21 Å². The van der Waals surface area contributed by atoms with Crippen LogP contribution >= 0.6 is 15.9 Å². The van der Waals surface area contributed by atoms with E-state index in [4.69, 9.17) is 4.52 Å². The summed E-state index contributed by atoms with van der Waals surface area (Å²) in [6.45, 7) is 5.69. The minimum atomic E-state index is -1.32. The van der Waals surface area contributed by atoms with Gasteiger partial charge in [0.1, 0.15) is 21.8 Å². The van der Waals surface area contributed by atoms with Gasteiger partial charge >= 0.3 is 0 Å². The number of benzene rings is 2. The van der Waals surface area contributed by atoms with Crippen LogP contribution in [0.25, 0.3) is 22.2 Å². The van der Waals surface area contributed by atoms with Crippen molar-refractivity contribution in [2.24, 2.45) is 4.40 Å². The average molecular weight is 405 g/mol. The number of hydrogen-bond donors (Lipinski definition) is 0. The highest BCUT2D eigenvalue weighted by molar-refractivity contribution is 9.10. The minimum Gasteiger partial charge on any atom is -0.591 e. The van der Waals surface area contributed by atoms with Gasteiger partial charge in [0, 0.05) is 21.0 Å². The molecule has 0 amide bonds. The molecular formula is C18H17BrN2O2S. The number of rotatable bonds is 3. The van der Waals surface area contributed by atoms with Gasteiger partial charge in [-0.15, -0.1) is 0 Å². The molecule has 124 valence electrons. The molecule has 1 heterocycles. The minimum absolute atomic E-state index is 0.400. The Morgan fingerprint density at radius 3 is 2.71 bits per heavy atom. The van der Waals surface area contributed by atoms with Gasteiger partial charge in [0.25, 0.3) is 0 Å². The summed E-state index contributed by atoms with van der Waals surface area (Å²) in [6, 6.07) is 13.5. The van der Waals surface area contributed by atoms with Crippen LogP contribution in [0.4, 0.5) is 0 Å². The largest absolute Gasteiger partial charge is 0.591 e. The quantitative estimate of drug-likeness (QED) is 0.448. The predicted octanol–water partition coefficient (Wildman–Crippen LogP) is 5.14. The second-order valence-electron chi connectivity index (χ2n) is 6.35. The molecule has 0 saturated heterocycles. The van der Waals surface area contributed by atoms with Crippen LogP contribution in [0.15, 0.2) is 55.9 Å². The van der Waals surface area contributed by atoms with E-state index in [1.165, 1.54) is 0 Å². The first-order valence-corrected chi connectivity index (χ1v) is 9.36. The van der Waals surface area contributed by atoms with Crippen molar-refractivity contribution in [3.05, 3.63) is 52.5 Å². The molecule has 4 nitrogen and oxygen atoms in total. The number of halogens is 1. The first kappa shape index (κ1) is 17.2. The third kappa shape index (κ3) is 3.55. The zero-order chi connectivity index (χ0) is 17.3. The fourth-order valence-corrected chi connectivity index (χ4v) is 3.10. The molecule has 0 spiro atoms. The van der Waals surface area contributed by atoms with Crippen molar-refractivity contribution in [1.29, 1.82) is 0 Å². The molecule has 0 N–H and O–H groups in total. The van der Waals surface area contributed by atoms with E-state index in [0.29, 0.717) is 0 Å². The van der Waals surface area contributed by atoms with E-state index in [0.717, 1.165) is 32.3 Å². The number of para-hydroxylation sites is 1. The van der Waals surface area contributed by atoms with Crippen LogP contribution in [-0.2, 0) is 11.4 Å². The van der Waals surface area contributed by atoms with Crippen LogP contribution in [-0.4, -0.2) is 20.7 Å². The molecule has 1 aromatic heterocycles. The smallest absolute Gasteiger partial charge is 0.167 e. The molecule has 0 aliphatic rings. The molecule has 24 heavy (non-hydrogen) atoms. The van der Waals surface area contributed by atoms with E-state index in [9.17, 15) is 4.55 Å². The van der Waals surface area contributed by atoms with Crippen LogP contribution < -0.4 is 0 Å². The maximum atomic E-state index is 12.2. The first-order chi connectivity index (χ1) is 11.4. The lowest BCUT2D eigenvalue weighted by atomic mass is 10.0. The molecule has 1 atom stereocenters. The fourth-order valence-electron chi connectivity index (χ4n) is 2.20. The second kappa shape index (κ2) is 6.70. The zero-order valence-electron chi connectivity index (χ0n) is 13.6. The van der Waals surface area contributed by atoms with Gasteiger partial charge in [-0.05, 0) is 45.0 Å². The molecule has 0 radical (unpaired) electrons. The van der Waals surface area contributed by atoms with Gasteiger partial charge in [0.2, 0.25) is 0 Å². The molecule has 3 aromatic rings. The maximum Gasteiger partial charge on any atom is 0.167 e. The summed E-state index contributed by atoms with van der Waals surface area (Å²) in [6.07, 6.45) is 1.64. The summed E-state index contributed by atoms with van der Waals surface area (Å²) in [5.74, 6) is 0. The third-order valence-corrected chi connectivity index (χ3v) is 5.30. The van der Waals surface area contributed by atoms with Crippen molar-refractivity contribution in [2.45, 2.75) is 25.5 Å². The topological polar surface area (TPSA) is 61.5 Å². The Hall–Kier alpha value is -1.63. The zero-order valence-corrected chi connectivity index (χ0v) is 16.0. The second-order valence-corrected chi connectivity index (χ2v) is 9.20. The van der Waals surface area contributed by atoms with Crippen LogP contribution in [0.3, 0.4) is 0 Å². The van der Waals surface area contributed by atoms with Crippen molar-refractivity contribution in [3.8, 4) is 11.3 Å². The third-order valence-electron chi connectivity index (χ3n) is 3.46. The monoisotopic (exact) mass is 404 g/mol. The van der Waals surface area contributed by atoms with Gasteiger partial charge in [-0.1, -0.05) is 43.7 Å².